The summed E-state index contributed by atoms with van der Waals surface area (Å²) in [5.41, 5.74) is 7.08. The van der Waals surface area contributed by atoms with E-state index in [1.165, 1.54) is 23.5 Å². The van der Waals surface area contributed by atoms with Crippen molar-refractivity contribution in [3.63, 3.8) is 0 Å². The monoisotopic (exact) mass is 234 g/mol. The third kappa shape index (κ3) is 1.54. The third-order valence-electron chi connectivity index (χ3n) is 2.55. The summed E-state index contributed by atoms with van der Waals surface area (Å²) in [6, 6.07) is 5.02. The molecular formula is C12H11FN2S. The maximum Gasteiger partial charge on any atom is 0.124 e. The Hall–Kier alpha value is -1.60. The molecule has 0 amide bonds. The van der Waals surface area contributed by atoms with Crippen LogP contribution in [0, 0.1) is 17.1 Å². The first-order valence-electron chi connectivity index (χ1n) is 4.96. The Morgan fingerprint density at radius 1 is 1.44 bits per heavy atom. The van der Waals surface area contributed by atoms with Gasteiger partial charge in [0.05, 0.1) is 5.56 Å². The smallest absolute Gasteiger partial charge is 0.124 e. The molecule has 0 aliphatic rings. The molecule has 0 spiro atoms. The van der Waals surface area contributed by atoms with Gasteiger partial charge in [-0.1, -0.05) is 13.8 Å². The number of thiophene rings is 1. The van der Waals surface area contributed by atoms with Gasteiger partial charge in [-0.3, -0.25) is 0 Å². The van der Waals surface area contributed by atoms with Crippen LogP contribution in [0.3, 0.4) is 0 Å². The number of hydrogen-bond donors (Lipinski definition) is 1. The van der Waals surface area contributed by atoms with Gasteiger partial charge in [0, 0.05) is 10.1 Å². The van der Waals surface area contributed by atoms with Gasteiger partial charge in [-0.25, -0.2) is 4.39 Å². The molecule has 0 aliphatic carbocycles. The summed E-state index contributed by atoms with van der Waals surface area (Å²) in [4.78, 5) is 0. The van der Waals surface area contributed by atoms with Crippen molar-refractivity contribution in [2.75, 3.05) is 5.73 Å². The van der Waals surface area contributed by atoms with Crippen LogP contribution in [0.15, 0.2) is 12.1 Å². The Kier molecular flexibility index (Phi) is 2.56. The average molecular weight is 234 g/mol. The van der Waals surface area contributed by atoms with Crippen molar-refractivity contribution >= 4 is 26.4 Å². The van der Waals surface area contributed by atoms with Crippen LogP contribution in [0.5, 0.6) is 0 Å². The molecule has 2 rings (SSSR count). The van der Waals surface area contributed by atoms with E-state index in [0.717, 1.165) is 15.6 Å². The standard InChI is InChI=1S/C12H11FN2S/c1-6(2)8-3-7(13)4-10-11(8)9(5-14)12(15)16-10/h3-4,6H,15H2,1-2H3. The van der Waals surface area contributed by atoms with E-state index in [2.05, 4.69) is 6.07 Å². The van der Waals surface area contributed by atoms with Gasteiger partial charge < -0.3 is 5.73 Å². The van der Waals surface area contributed by atoms with E-state index in [0.29, 0.717) is 10.6 Å². The minimum Gasteiger partial charge on any atom is -0.389 e. The molecule has 16 heavy (non-hydrogen) atoms. The number of halogens is 1. The highest BCUT2D eigenvalue weighted by Gasteiger charge is 2.16. The molecule has 0 atom stereocenters. The second kappa shape index (κ2) is 3.76. The highest BCUT2D eigenvalue weighted by molar-refractivity contribution is 7.23. The molecule has 0 fully saturated rings. The number of anilines is 1. The van der Waals surface area contributed by atoms with Crippen LogP contribution in [0.25, 0.3) is 10.1 Å². The van der Waals surface area contributed by atoms with Crippen LogP contribution in [-0.2, 0) is 0 Å². The lowest BCUT2D eigenvalue weighted by Crippen LogP contribution is -1.92. The minimum atomic E-state index is -0.276. The second-order valence-corrected chi connectivity index (χ2v) is 5.06. The highest BCUT2D eigenvalue weighted by Crippen LogP contribution is 2.38. The zero-order valence-corrected chi connectivity index (χ0v) is 9.86. The third-order valence-corrected chi connectivity index (χ3v) is 3.51. The molecule has 82 valence electrons. The largest absolute Gasteiger partial charge is 0.389 e. The van der Waals surface area contributed by atoms with E-state index in [1.807, 2.05) is 13.8 Å². The number of nitrogens with zero attached hydrogens (tertiary/aromatic N) is 1. The molecular weight excluding hydrogens is 223 g/mol. The fraction of sp³-hybridized carbons (Fsp3) is 0.250. The molecule has 0 saturated heterocycles. The Morgan fingerprint density at radius 2 is 2.12 bits per heavy atom. The van der Waals surface area contributed by atoms with Crippen molar-refractivity contribution in [2.45, 2.75) is 19.8 Å². The number of nitrogens with two attached hydrogens (primary N) is 1. The van der Waals surface area contributed by atoms with Gasteiger partial charge in [-0.15, -0.1) is 11.3 Å². The van der Waals surface area contributed by atoms with E-state index >= 15 is 0 Å². The average Bonchev–Trinajstić information content (AvgIpc) is 2.51. The van der Waals surface area contributed by atoms with Gasteiger partial charge in [0.2, 0.25) is 0 Å². The van der Waals surface area contributed by atoms with Crippen molar-refractivity contribution in [3.05, 3.63) is 29.1 Å². The number of rotatable bonds is 1. The van der Waals surface area contributed by atoms with Crippen molar-refractivity contribution < 1.29 is 4.39 Å². The maximum atomic E-state index is 13.4. The normalized spacial score (nSPS) is 10.9. The van der Waals surface area contributed by atoms with Crippen molar-refractivity contribution in [2.24, 2.45) is 0 Å². The Balaban J connectivity index is 2.93. The Morgan fingerprint density at radius 3 is 2.69 bits per heavy atom. The van der Waals surface area contributed by atoms with Crippen LogP contribution >= 0.6 is 11.3 Å². The lowest BCUT2D eigenvalue weighted by Gasteiger charge is -2.07. The van der Waals surface area contributed by atoms with Gasteiger partial charge in [-0.2, -0.15) is 5.26 Å². The van der Waals surface area contributed by atoms with Crippen molar-refractivity contribution in [3.8, 4) is 6.07 Å². The van der Waals surface area contributed by atoms with E-state index in [1.54, 1.807) is 0 Å². The molecule has 0 radical (unpaired) electrons. The molecule has 1 aromatic carbocycles. The van der Waals surface area contributed by atoms with E-state index in [9.17, 15) is 4.39 Å². The number of nitrogen functional groups attached to an aromatic ring is 1. The van der Waals surface area contributed by atoms with E-state index in [-0.39, 0.29) is 11.7 Å². The first-order valence-corrected chi connectivity index (χ1v) is 5.77. The molecule has 1 heterocycles. The first kappa shape index (κ1) is 10.9. The number of nitriles is 1. The molecule has 0 unspecified atom stereocenters. The van der Waals surface area contributed by atoms with Gasteiger partial charge in [0.15, 0.2) is 0 Å². The van der Waals surface area contributed by atoms with Crippen LogP contribution < -0.4 is 5.73 Å². The molecule has 0 aliphatic heterocycles. The predicted molar refractivity (Wildman–Crippen MR) is 65.0 cm³/mol. The molecule has 2 nitrogen and oxygen atoms in total. The summed E-state index contributed by atoms with van der Waals surface area (Å²) in [6.07, 6.45) is 0. The molecule has 2 N–H and O–H groups in total. The predicted octanol–water partition coefficient (Wildman–Crippen LogP) is 3.62. The van der Waals surface area contributed by atoms with Crippen LogP contribution in [0.1, 0.15) is 30.9 Å². The van der Waals surface area contributed by atoms with Crippen molar-refractivity contribution in [1.82, 2.24) is 0 Å². The SMILES string of the molecule is CC(C)c1cc(F)cc2sc(N)c(C#N)c12. The van der Waals surface area contributed by atoms with Crippen LogP contribution in [0.2, 0.25) is 0 Å². The molecule has 1 aromatic heterocycles. The summed E-state index contributed by atoms with van der Waals surface area (Å²) in [5.74, 6) is -0.110. The first-order chi connectivity index (χ1) is 7.54. The summed E-state index contributed by atoms with van der Waals surface area (Å²) in [6.45, 7) is 3.95. The molecule has 0 bridgehead atoms. The zero-order chi connectivity index (χ0) is 11.9. The summed E-state index contributed by atoms with van der Waals surface area (Å²) in [5, 5.41) is 10.3. The quantitative estimate of drug-likeness (QED) is 0.819. The minimum absolute atomic E-state index is 0.166. The summed E-state index contributed by atoms with van der Waals surface area (Å²) >= 11 is 1.26. The second-order valence-electron chi connectivity index (χ2n) is 3.98. The number of hydrogen-bond acceptors (Lipinski definition) is 3. The lowest BCUT2D eigenvalue weighted by atomic mass is 9.97. The lowest BCUT2D eigenvalue weighted by molar-refractivity contribution is 0.626. The van der Waals surface area contributed by atoms with Crippen molar-refractivity contribution in [1.29, 1.82) is 5.26 Å². The Bertz CT molecular complexity index is 593. The van der Waals surface area contributed by atoms with Gasteiger partial charge >= 0.3 is 0 Å². The zero-order valence-electron chi connectivity index (χ0n) is 9.04. The molecule has 2 aromatic rings. The fourth-order valence-corrected chi connectivity index (χ4v) is 2.79. The maximum absolute atomic E-state index is 13.4. The van der Waals surface area contributed by atoms with Gasteiger partial charge in [0.25, 0.3) is 0 Å². The molecule has 4 heteroatoms. The van der Waals surface area contributed by atoms with Gasteiger partial charge in [-0.05, 0) is 23.6 Å². The number of fused-ring (bicyclic) bond motifs is 1. The van der Waals surface area contributed by atoms with Gasteiger partial charge in [0.1, 0.15) is 16.9 Å². The van der Waals surface area contributed by atoms with Crippen LogP contribution in [0.4, 0.5) is 9.39 Å². The van der Waals surface area contributed by atoms with E-state index in [4.69, 9.17) is 11.0 Å². The number of benzene rings is 1. The highest BCUT2D eigenvalue weighted by atomic mass is 32.1. The van der Waals surface area contributed by atoms with Crippen LogP contribution in [-0.4, -0.2) is 0 Å². The molecule has 0 saturated carbocycles. The fourth-order valence-electron chi connectivity index (χ4n) is 1.81. The Labute approximate surface area is 97.1 Å². The topological polar surface area (TPSA) is 49.8 Å². The summed E-state index contributed by atoms with van der Waals surface area (Å²) < 4.78 is 14.1. The summed E-state index contributed by atoms with van der Waals surface area (Å²) in [7, 11) is 0. The van der Waals surface area contributed by atoms with E-state index < -0.39 is 0 Å².